The largest absolute Gasteiger partial charge is 0.399 e. The van der Waals surface area contributed by atoms with Gasteiger partial charge >= 0.3 is 0 Å². The third-order valence-corrected chi connectivity index (χ3v) is 5.77. The van der Waals surface area contributed by atoms with Gasteiger partial charge in [0.2, 0.25) is 5.91 Å². The summed E-state index contributed by atoms with van der Waals surface area (Å²) >= 11 is 0. The first-order valence-electron chi connectivity index (χ1n) is 10.6. The van der Waals surface area contributed by atoms with Gasteiger partial charge in [-0.15, -0.1) is 0 Å². The van der Waals surface area contributed by atoms with Crippen LogP contribution in [0.2, 0.25) is 0 Å². The molecule has 0 fully saturated rings. The van der Waals surface area contributed by atoms with E-state index in [1.54, 1.807) is 54.6 Å². The Hall–Kier alpha value is -4.58. The van der Waals surface area contributed by atoms with Crippen LogP contribution in [0.25, 0.3) is 16.3 Å². The average molecular weight is 434 g/mol. The number of carbonyl (C=O) groups excluding carboxylic acids is 2. The fourth-order valence-corrected chi connectivity index (χ4v) is 4.17. The zero-order chi connectivity index (χ0) is 22.9. The summed E-state index contributed by atoms with van der Waals surface area (Å²) < 4.78 is 0. The van der Waals surface area contributed by atoms with Crippen molar-refractivity contribution in [1.82, 2.24) is 0 Å². The third-order valence-electron chi connectivity index (χ3n) is 5.77. The van der Waals surface area contributed by atoms with Crippen LogP contribution in [0.15, 0.2) is 91.0 Å². The quantitative estimate of drug-likeness (QED) is 0.347. The molecule has 4 aromatic carbocycles. The van der Waals surface area contributed by atoms with Crippen molar-refractivity contribution in [2.24, 2.45) is 0 Å². The van der Waals surface area contributed by atoms with E-state index in [9.17, 15) is 9.59 Å². The van der Waals surface area contributed by atoms with Crippen molar-refractivity contribution in [3.8, 4) is 0 Å². The second-order valence-corrected chi connectivity index (χ2v) is 8.00. The van der Waals surface area contributed by atoms with Gasteiger partial charge in [0.1, 0.15) is 0 Å². The van der Waals surface area contributed by atoms with E-state index in [0.717, 1.165) is 21.9 Å². The highest BCUT2D eigenvalue weighted by Crippen LogP contribution is 2.39. The second-order valence-electron chi connectivity index (χ2n) is 8.00. The lowest BCUT2D eigenvalue weighted by molar-refractivity contribution is -0.116. The summed E-state index contributed by atoms with van der Waals surface area (Å²) in [7, 11) is 0. The number of nitrogens with one attached hydrogen (secondary N) is 2. The van der Waals surface area contributed by atoms with Crippen LogP contribution in [0.3, 0.4) is 0 Å². The zero-order valence-corrected chi connectivity index (χ0v) is 17.7. The van der Waals surface area contributed by atoms with Crippen molar-refractivity contribution >= 4 is 50.9 Å². The Morgan fingerprint density at radius 2 is 1.27 bits per heavy atom. The molecule has 33 heavy (non-hydrogen) atoms. The highest BCUT2D eigenvalue weighted by atomic mass is 16.2. The van der Waals surface area contributed by atoms with Crippen LogP contribution in [0.5, 0.6) is 0 Å². The number of anilines is 4. The molecule has 1 aliphatic carbocycles. The van der Waals surface area contributed by atoms with Gasteiger partial charge in [-0.05, 0) is 70.4 Å². The number of nitrogen functional groups attached to an aromatic ring is 2. The molecular formula is C27H22N4O2. The number of benzene rings is 4. The van der Waals surface area contributed by atoms with Crippen molar-refractivity contribution < 1.29 is 9.59 Å². The van der Waals surface area contributed by atoms with Crippen molar-refractivity contribution in [3.05, 3.63) is 102 Å². The van der Waals surface area contributed by atoms with Crippen LogP contribution in [-0.2, 0) is 9.59 Å². The van der Waals surface area contributed by atoms with Gasteiger partial charge in [-0.2, -0.15) is 0 Å². The molecule has 4 aromatic rings. The summed E-state index contributed by atoms with van der Waals surface area (Å²) in [6.45, 7) is 0. The fraction of sp³-hybridized carbons (Fsp3) is 0.0370. The topological polar surface area (TPSA) is 110 Å². The van der Waals surface area contributed by atoms with Gasteiger partial charge in [0.15, 0.2) is 0 Å². The Balaban J connectivity index is 1.55. The first-order chi connectivity index (χ1) is 16.0. The van der Waals surface area contributed by atoms with Gasteiger partial charge in [0.05, 0.1) is 5.92 Å². The molecule has 0 radical (unpaired) electrons. The highest BCUT2D eigenvalue weighted by molar-refractivity contribution is 6.29. The monoisotopic (exact) mass is 434 g/mol. The lowest BCUT2D eigenvalue weighted by atomic mass is 9.81. The molecule has 0 saturated carbocycles. The summed E-state index contributed by atoms with van der Waals surface area (Å²) in [5.41, 5.74) is 16.1. The van der Waals surface area contributed by atoms with E-state index in [4.69, 9.17) is 11.5 Å². The maximum absolute atomic E-state index is 13.3. The lowest BCUT2D eigenvalue weighted by Gasteiger charge is -2.24. The maximum atomic E-state index is 13.3. The van der Waals surface area contributed by atoms with Crippen LogP contribution >= 0.6 is 0 Å². The lowest BCUT2D eigenvalue weighted by Crippen LogP contribution is -2.24. The molecule has 162 valence electrons. The Morgan fingerprint density at radius 1 is 0.697 bits per heavy atom. The van der Waals surface area contributed by atoms with Crippen LogP contribution in [-0.4, -0.2) is 11.8 Å². The number of hydrogen-bond donors (Lipinski definition) is 4. The summed E-state index contributed by atoms with van der Waals surface area (Å²) in [6, 6.07) is 25.6. The molecule has 0 aromatic heterocycles. The van der Waals surface area contributed by atoms with Crippen LogP contribution < -0.4 is 22.1 Å². The minimum Gasteiger partial charge on any atom is -0.399 e. The predicted octanol–water partition coefficient (Wildman–Crippen LogP) is 4.76. The number of carbonyl (C=O) groups is 2. The van der Waals surface area contributed by atoms with Crippen molar-refractivity contribution in [1.29, 1.82) is 0 Å². The van der Waals surface area contributed by atoms with E-state index in [-0.39, 0.29) is 11.8 Å². The zero-order valence-electron chi connectivity index (χ0n) is 17.7. The van der Waals surface area contributed by atoms with E-state index in [1.807, 2.05) is 36.4 Å². The first-order valence-corrected chi connectivity index (χ1v) is 10.6. The van der Waals surface area contributed by atoms with E-state index < -0.39 is 5.92 Å². The standard InChI is InChI=1S/C27H22N4O2/c28-17-7-11-19(12-8-17)30-26(32)23-15-24(27(33)31-20-13-9-18(29)10-14-20)22-6-2-4-16-3-1-5-21(23)25(16)22/h1-15,23H,28-29H2,(H,30,32)(H,31,33). The normalized spacial score (nSPS) is 14.4. The Bertz CT molecular complexity index is 1400. The fourth-order valence-electron chi connectivity index (χ4n) is 4.17. The Kier molecular flexibility index (Phi) is 5.03. The smallest absolute Gasteiger partial charge is 0.256 e. The van der Waals surface area contributed by atoms with Crippen molar-refractivity contribution in [3.63, 3.8) is 0 Å². The molecule has 5 rings (SSSR count). The molecule has 6 heteroatoms. The van der Waals surface area contributed by atoms with E-state index in [0.29, 0.717) is 28.3 Å². The summed E-state index contributed by atoms with van der Waals surface area (Å²) in [6.07, 6.45) is 1.73. The molecule has 0 saturated heterocycles. The van der Waals surface area contributed by atoms with E-state index >= 15 is 0 Å². The molecule has 2 amide bonds. The SMILES string of the molecule is Nc1ccc(NC(=O)C2=CC(C(=O)Nc3ccc(N)cc3)c3cccc4cccc2c34)cc1. The van der Waals surface area contributed by atoms with Gasteiger partial charge in [0.25, 0.3) is 5.91 Å². The van der Waals surface area contributed by atoms with Crippen LogP contribution in [0.4, 0.5) is 22.7 Å². The molecular weight excluding hydrogens is 412 g/mol. The molecule has 1 aliphatic rings. The predicted molar refractivity (Wildman–Crippen MR) is 134 cm³/mol. The van der Waals surface area contributed by atoms with Crippen molar-refractivity contribution in [2.45, 2.75) is 5.92 Å². The minimum absolute atomic E-state index is 0.223. The van der Waals surface area contributed by atoms with Gasteiger partial charge in [-0.3, -0.25) is 9.59 Å². The first kappa shape index (κ1) is 20.3. The molecule has 0 aliphatic heterocycles. The van der Waals surface area contributed by atoms with E-state index in [1.165, 1.54) is 0 Å². The van der Waals surface area contributed by atoms with Gasteiger partial charge in [-0.1, -0.05) is 42.5 Å². The van der Waals surface area contributed by atoms with Gasteiger partial charge in [0, 0.05) is 28.3 Å². The summed E-state index contributed by atoms with van der Waals surface area (Å²) in [5, 5.41) is 7.74. The van der Waals surface area contributed by atoms with Gasteiger partial charge < -0.3 is 22.1 Å². The third kappa shape index (κ3) is 3.90. The summed E-state index contributed by atoms with van der Waals surface area (Å²) in [5.74, 6) is -1.14. The Morgan fingerprint density at radius 3 is 1.91 bits per heavy atom. The van der Waals surface area contributed by atoms with Crippen molar-refractivity contribution in [2.75, 3.05) is 22.1 Å². The molecule has 0 heterocycles. The van der Waals surface area contributed by atoms with E-state index in [2.05, 4.69) is 10.6 Å². The summed E-state index contributed by atoms with van der Waals surface area (Å²) in [4.78, 5) is 26.6. The molecule has 1 unspecified atom stereocenters. The number of nitrogens with two attached hydrogens (primary N) is 2. The molecule has 0 spiro atoms. The number of rotatable bonds is 4. The number of hydrogen-bond acceptors (Lipinski definition) is 4. The van der Waals surface area contributed by atoms with Crippen LogP contribution in [0.1, 0.15) is 17.0 Å². The van der Waals surface area contributed by atoms with Gasteiger partial charge in [-0.25, -0.2) is 0 Å². The van der Waals surface area contributed by atoms with Crippen LogP contribution in [0, 0.1) is 0 Å². The molecule has 1 atom stereocenters. The second kappa shape index (κ2) is 8.16. The molecule has 6 nitrogen and oxygen atoms in total. The molecule has 6 N–H and O–H groups in total. The molecule has 0 bridgehead atoms. The minimum atomic E-state index is -0.631. The maximum Gasteiger partial charge on any atom is 0.256 e. The average Bonchev–Trinajstić information content (AvgIpc) is 2.82. The number of amides is 2. The highest BCUT2D eigenvalue weighted by Gasteiger charge is 2.30. The Labute approximate surface area is 190 Å².